The maximum absolute atomic E-state index is 13.4. The molecule has 0 radical (unpaired) electrons. The zero-order valence-corrected chi connectivity index (χ0v) is 20.0. The molecule has 3 aromatic carbocycles. The molecular formula is C20H14F6NaO3PS. The maximum Gasteiger partial charge on any atom is 1.00 e. The van der Waals surface area contributed by atoms with Crippen LogP contribution in [0.1, 0.15) is 12.6 Å². The van der Waals surface area contributed by atoms with Gasteiger partial charge in [0.1, 0.15) is 0 Å². The maximum atomic E-state index is 13.4. The Hall–Kier alpha value is -1.42. The van der Waals surface area contributed by atoms with E-state index < -0.39 is 46.4 Å². The number of halogens is 6. The first kappa shape index (κ1) is 26.8. The average molecular weight is 502 g/mol. The van der Waals surface area contributed by atoms with E-state index in [0.29, 0.717) is 17.4 Å². The van der Waals surface area contributed by atoms with Gasteiger partial charge in [-0.05, 0) is 54.2 Å². The molecule has 0 fully saturated rings. The Kier molecular flexibility index (Phi) is 8.24. The summed E-state index contributed by atoms with van der Waals surface area (Å²) in [6, 6.07) is 13.9. The van der Waals surface area contributed by atoms with Crippen LogP contribution in [0, 0.1) is 0 Å². The van der Waals surface area contributed by atoms with Crippen LogP contribution in [-0.4, -0.2) is 13.0 Å². The molecule has 0 saturated carbocycles. The molecule has 0 heterocycles. The number of hydrogen-bond acceptors (Lipinski definition) is 2. The van der Waals surface area contributed by atoms with E-state index in [9.17, 15) is 39.3 Å². The summed E-state index contributed by atoms with van der Waals surface area (Å²) in [4.78, 5) is -0.517. The number of rotatable bonds is 4. The smallest absolute Gasteiger partial charge is 1.00 e. The zero-order valence-electron chi connectivity index (χ0n) is 17.3. The fourth-order valence-electron chi connectivity index (χ4n) is 2.87. The van der Waals surface area contributed by atoms with E-state index in [1.807, 2.05) is 0 Å². The van der Waals surface area contributed by atoms with Gasteiger partial charge in [0.25, 0.3) is 10.1 Å². The predicted molar refractivity (Wildman–Crippen MR) is 106 cm³/mol. The fraction of sp³-hybridized carbons (Fsp3) is 0.100. The third-order valence-corrected chi connectivity index (χ3v) is 7.45. The molecule has 1 atom stereocenters. The summed E-state index contributed by atoms with van der Waals surface area (Å²) in [6.45, 7) is 0. The van der Waals surface area contributed by atoms with Crippen LogP contribution >= 0.6 is 7.92 Å². The van der Waals surface area contributed by atoms with E-state index in [1.54, 1.807) is 18.2 Å². The molecule has 0 aliphatic rings. The molecule has 0 aromatic heterocycles. The second-order valence-electron chi connectivity index (χ2n) is 6.41. The Balaban J connectivity index is 0.00000272. The number of benzene rings is 3. The minimum absolute atomic E-state index is 0. The molecule has 3 aromatic rings. The minimum atomic E-state index is -5.02. The molecule has 0 aliphatic heterocycles. The van der Waals surface area contributed by atoms with Gasteiger partial charge in [-0.3, -0.25) is 4.55 Å². The molecule has 1 N–H and O–H groups in total. The summed E-state index contributed by atoms with van der Waals surface area (Å²) in [5.74, 6) is 0. The zero-order chi connectivity index (χ0) is 23.0. The minimum Gasteiger partial charge on any atom is -1.00 e. The van der Waals surface area contributed by atoms with E-state index in [4.69, 9.17) is 0 Å². The summed E-state index contributed by atoms with van der Waals surface area (Å²) in [5.41, 5.74) is -2.93. The molecular weight excluding hydrogens is 488 g/mol. The Morgan fingerprint density at radius 3 is 1.66 bits per heavy atom. The third kappa shape index (κ3) is 6.34. The van der Waals surface area contributed by atoms with Crippen molar-refractivity contribution in [2.45, 2.75) is 17.2 Å². The van der Waals surface area contributed by atoms with E-state index in [1.165, 1.54) is 24.3 Å². The van der Waals surface area contributed by atoms with Crippen molar-refractivity contribution in [3.8, 4) is 0 Å². The van der Waals surface area contributed by atoms with Crippen LogP contribution < -0.4 is 45.5 Å². The van der Waals surface area contributed by atoms with Gasteiger partial charge in [0.2, 0.25) is 0 Å². The molecule has 0 bridgehead atoms. The Morgan fingerprint density at radius 1 is 0.688 bits per heavy atom. The van der Waals surface area contributed by atoms with Crippen molar-refractivity contribution in [2.24, 2.45) is 0 Å². The van der Waals surface area contributed by atoms with Crippen LogP contribution in [0.15, 0.2) is 77.7 Å². The van der Waals surface area contributed by atoms with Crippen molar-refractivity contribution in [1.29, 1.82) is 0 Å². The van der Waals surface area contributed by atoms with Crippen molar-refractivity contribution >= 4 is 34.0 Å². The van der Waals surface area contributed by atoms with Gasteiger partial charge in [-0.15, -0.1) is 0 Å². The average Bonchev–Trinajstić information content (AvgIpc) is 2.67. The first-order valence-electron chi connectivity index (χ1n) is 8.49. The van der Waals surface area contributed by atoms with Gasteiger partial charge in [0, 0.05) is 0 Å². The largest absolute Gasteiger partial charge is 1.00 e. The van der Waals surface area contributed by atoms with Gasteiger partial charge >= 0.3 is 41.9 Å². The first-order chi connectivity index (χ1) is 14.3. The molecule has 1 unspecified atom stereocenters. The van der Waals surface area contributed by atoms with Crippen molar-refractivity contribution in [3.63, 3.8) is 0 Å². The van der Waals surface area contributed by atoms with Crippen molar-refractivity contribution in [2.75, 3.05) is 0 Å². The fourth-order valence-corrected chi connectivity index (χ4v) is 5.89. The molecule has 3 nitrogen and oxygen atoms in total. The monoisotopic (exact) mass is 502 g/mol. The van der Waals surface area contributed by atoms with Gasteiger partial charge in [-0.2, -0.15) is 34.8 Å². The van der Waals surface area contributed by atoms with E-state index in [-0.39, 0.29) is 47.7 Å². The van der Waals surface area contributed by atoms with Gasteiger partial charge in [-0.25, -0.2) is 0 Å². The van der Waals surface area contributed by atoms with E-state index in [2.05, 4.69) is 0 Å². The van der Waals surface area contributed by atoms with E-state index in [0.717, 1.165) is 12.1 Å². The number of hydrogen-bond donors (Lipinski definition) is 1. The summed E-state index contributed by atoms with van der Waals surface area (Å²) in [6.07, 6.45) is -10.0. The van der Waals surface area contributed by atoms with Crippen molar-refractivity contribution in [3.05, 3.63) is 83.9 Å². The summed E-state index contributed by atoms with van der Waals surface area (Å²) < 4.78 is 112. The molecule has 166 valence electrons. The first-order valence-corrected chi connectivity index (χ1v) is 11.3. The van der Waals surface area contributed by atoms with Gasteiger partial charge in [0.15, 0.2) is 0 Å². The van der Waals surface area contributed by atoms with Crippen LogP contribution in [0.3, 0.4) is 0 Å². The second-order valence-corrected chi connectivity index (χ2v) is 10.0. The predicted octanol–water partition coefficient (Wildman–Crippen LogP) is 1.85. The normalized spacial score (nSPS) is 13.3. The topological polar surface area (TPSA) is 54.4 Å². The standard InChI is InChI=1S/C20H13F6O3PS.Na.H/c21-19(22,23)13-9-14(20(24,25)26)11-17(10-13)30(15-5-2-1-3-6-15)16-7-4-8-18(12-16)31(27,28)29;;/h1-12H,(H,27,28,29);;/q;+1;-1. The van der Waals surface area contributed by atoms with Crippen LogP contribution in [0.5, 0.6) is 0 Å². The molecule has 32 heavy (non-hydrogen) atoms. The molecule has 3 rings (SSSR count). The van der Waals surface area contributed by atoms with Crippen LogP contribution in [0.25, 0.3) is 0 Å². The van der Waals surface area contributed by atoms with Crippen LogP contribution in [-0.2, 0) is 22.5 Å². The summed E-state index contributed by atoms with van der Waals surface area (Å²) in [5, 5.41) is 0.289. The Bertz CT molecular complexity index is 1170. The van der Waals surface area contributed by atoms with Crippen LogP contribution in [0.4, 0.5) is 26.3 Å². The Morgan fingerprint density at radius 2 is 1.19 bits per heavy atom. The quantitative estimate of drug-likeness (QED) is 0.257. The van der Waals surface area contributed by atoms with Gasteiger partial charge < -0.3 is 1.43 Å². The van der Waals surface area contributed by atoms with Gasteiger partial charge in [0.05, 0.1) is 16.0 Å². The van der Waals surface area contributed by atoms with Crippen molar-refractivity contribution in [1.82, 2.24) is 0 Å². The third-order valence-electron chi connectivity index (χ3n) is 4.22. The molecule has 0 spiro atoms. The SMILES string of the molecule is O=S(=O)(O)c1cccc(P(c2ccccc2)c2cc(C(F)(F)F)cc(C(F)(F)F)c2)c1.[H-].[Na+]. The molecule has 12 heteroatoms. The molecule has 0 aliphatic carbocycles. The number of alkyl halides is 6. The Labute approximate surface area is 204 Å². The summed E-state index contributed by atoms with van der Waals surface area (Å²) in [7, 11) is -6.65. The van der Waals surface area contributed by atoms with Gasteiger partial charge in [-0.1, -0.05) is 42.5 Å². The summed E-state index contributed by atoms with van der Waals surface area (Å²) >= 11 is 0. The van der Waals surface area contributed by atoms with Crippen molar-refractivity contribution < 1.29 is 70.3 Å². The van der Waals surface area contributed by atoms with E-state index >= 15 is 0 Å². The molecule has 0 saturated heterocycles. The molecule has 0 amide bonds. The second kappa shape index (κ2) is 9.83. The van der Waals surface area contributed by atoms with Crippen LogP contribution in [0.2, 0.25) is 0 Å².